The molecule has 0 bridgehead atoms. The number of H-pyrrole nitrogens is 1. The van der Waals surface area contributed by atoms with Crippen LogP contribution in [0.4, 0.5) is 0 Å². The van der Waals surface area contributed by atoms with Gasteiger partial charge in [0.25, 0.3) is 5.91 Å². The first-order chi connectivity index (χ1) is 8.66. The Morgan fingerprint density at radius 3 is 2.72 bits per heavy atom. The van der Waals surface area contributed by atoms with Crippen molar-refractivity contribution in [1.29, 1.82) is 0 Å². The topological polar surface area (TPSA) is 77.2 Å². The van der Waals surface area contributed by atoms with Crippen LogP contribution in [0.25, 0.3) is 0 Å². The molecule has 1 saturated heterocycles. The fourth-order valence-corrected chi connectivity index (χ4v) is 1.94. The van der Waals surface area contributed by atoms with Crippen LogP contribution in [-0.2, 0) is 4.79 Å². The standard InChI is InChI=1S/C11H15ClN4O2/c12-8-5-9(14-6-8)11(18)15-7-10(17)16-3-1-13-2-4-16/h5-6,13-14H,1-4,7H2,(H,15,18). The van der Waals surface area contributed by atoms with Gasteiger partial charge >= 0.3 is 0 Å². The first-order valence-electron chi connectivity index (χ1n) is 5.77. The number of rotatable bonds is 3. The molecule has 1 aromatic heterocycles. The monoisotopic (exact) mass is 270 g/mol. The predicted octanol–water partition coefficient (Wildman–Crippen LogP) is -0.170. The number of aromatic amines is 1. The van der Waals surface area contributed by atoms with Gasteiger partial charge in [-0.15, -0.1) is 0 Å². The second-order valence-electron chi connectivity index (χ2n) is 4.05. The lowest BCUT2D eigenvalue weighted by Crippen LogP contribution is -2.49. The molecule has 0 saturated carbocycles. The van der Waals surface area contributed by atoms with Gasteiger partial charge in [-0.3, -0.25) is 9.59 Å². The molecule has 1 aliphatic heterocycles. The van der Waals surface area contributed by atoms with E-state index in [1.807, 2.05) is 0 Å². The maximum Gasteiger partial charge on any atom is 0.268 e. The van der Waals surface area contributed by atoms with E-state index in [9.17, 15) is 9.59 Å². The van der Waals surface area contributed by atoms with E-state index in [0.29, 0.717) is 23.8 Å². The number of nitrogens with one attached hydrogen (secondary N) is 3. The number of carbonyl (C=O) groups excluding carboxylic acids is 2. The fraction of sp³-hybridized carbons (Fsp3) is 0.455. The SMILES string of the molecule is O=C(NCC(=O)N1CCNCC1)c1cc(Cl)c[nH]1. The third-order valence-electron chi connectivity index (χ3n) is 2.76. The van der Waals surface area contributed by atoms with Gasteiger partial charge < -0.3 is 20.5 Å². The number of halogens is 1. The van der Waals surface area contributed by atoms with Gasteiger partial charge in [-0.1, -0.05) is 11.6 Å². The van der Waals surface area contributed by atoms with Crippen molar-refractivity contribution >= 4 is 23.4 Å². The number of nitrogens with zero attached hydrogens (tertiary/aromatic N) is 1. The summed E-state index contributed by atoms with van der Waals surface area (Å²) in [5, 5.41) is 6.20. The molecule has 3 N–H and O–H groups in total. The molecule has 0 spiro atoms. The normalized spacial score (nSPS) is 15.5. The van der Waals surface area contributed by atoms with Crippen molar-refractivity contribution in [1.82, 2.24) is 20.5 Å². The zero-order valence-corrected chi connectivity index (χ0v) is 10.6. The Labute approximate surface area is 110 Å². The predicted molar refractivity (Wildman–Crippen MR) is 67.6 cm³/mol. The Morgan fingerprint density at radius 2 is 2.11 bits per heavy atom. The molecular formula is C11H15ClN4O2. The minimum Gasteiger partial charge on any atom is -0.356 e. The van der Waals surface area contributed by atoms with Crippen molar-refractivity contribution in [3.8, 4) is 0 Å². The van der Waals surface area contributed by atoms with Crippen molar-refractivity contribution in [3.63, 3.8) is 0 Å². The Hall–Kier alpha value is -1.53. The van der Waals surface area contributed by atoms with Crippen molar-refractivity contribution in [2.24, 2.45) is 0 Å². The van der Waals surface area contributed by atoms with Crippen LogP contribution in [0.1, 0.15) is 10.5 Å². The van der Waals surface area contributed by atoms with Crippen LogP contribution in [-0.4, -0.2) is 54.4 Å². The van der Waals surface area contributed by atoms with Crippen LogP contribution in [0.3, 0.4) is 0 Å². The summed E-state index contributed by atoms with van der Waals surface area (Å²) in [6.45, 7) is 2.97. The van der Waals surface area contributed by atoms with Crippen molar-refractivity contribution in [2.75, 3.05) is 32.7 Å². The number of aromatic nitrogens is 1. The molecule has 1 fully saturated rings. The highest BCUT2D eigenvalue weighted by Crippen LogP contribution is 2.08. The fourth-order valence-electron chi connectivity index (χ4n) is 1.78. The van der Waals surface area contributed by atoms with E-state index in [1.54, 1.807) is 4.90 Å². The summed E-state index contributed by atoms with van der Waals surface area (Å²) in [5.74, 6) is -0.395. The van der Waals surface area contributed by atoms with E-state index >= 15 is 0 Å². The average Bonchev–Trinajstić information content (AvgIpc) is 2.83. The molecule has 98 valence electrons. The van der Waals surface area contributed by atoms with E-state index in [1.165, 1.54) is 12.3 Å². The molecule has 0 unspecified atom stereocenters. The molecule has 2 amide bonds. The summed E-state index contributed by atoms with van der Waals surface area (Å²) < 4.78 is 0. The highest BCUT2D eigenvalue weighted by Gasteiger charge is 2.17. The summed E-state index contributed by atoms with van der Waals surface area (Å²) in [6.07, 6.45) is 1.52. The molecule has 0 radical (unpaired) electrons. The average molecular weight is 271 g/mol. The number of piperazine rings is 1. The first-order valence-corrected chi connectivity index (χ1v) is 6.15. The number of carbonyl (C=O) groups is 2. The molecule has 18 heavy (non-hydrogen) atoms. The number of amides is 2. The second kappa shape index (κ2) is 5.88. The van der Waals surface area contributed by atoms with Gasteiger partial charge in [0.1, 0.15) is 5.69 Å². The summed E-state index contributed by atoms with van der Waals surface area (Å²) in [4.78, 5) is 27.9. The lowest BCUT2D eigenvalue weighted by atomic mass is 10.3. The van der Waals surface area contributed by atoms with Gasteiger partial charge in [0.15, 0.2) is 0 Å². The van der Waals surface area contributed by atoms with Gasteiger partial charge in [0.05, 0.1) is 11.6 Å². The zero-order valence-electron chi connectivity index (χ0n) is 9.83. The minimum absolute atomic E-state index is 0.00940. The van der Waals surface area contributed by atoms with E-state index in [0.717, 1.165) is 13.1 Å². The summed E-state index contributed by atoms with van der Waals surface area (Å²) >= 11 is 5.70. The van der Waals surface area contributed by atoms with Crippen molar-refractivity contribution in [2.45, 2.75) is 0 Å². The quantitative estimate of drug-likeness (QED) is 0.714. The number of hydrogen-bond acceptors (Lipinski definition) is 3. The summed E-state index contributed by atoms with van der Waals surface area (Å²) in [5.41, 5.74) is 0.355. The van der Waals surface area contributed by atoms with Gasteiger partial charge in [0, 0.05) is 32.4 Å². The van der Waals surface area contributed by atoms with E-state index in [-0.39, 0.29) is 18.4 Å². The van der Waals surface area contributed by atoms with Crippen LogP contribution in [0.5, 0.6) is 0 Å². The lowest BCUT2D eigenvalue weighted by Gasteiger charge is -2.27. The highest BCUT2D eigenvalue weighted by atomic mass is 35.5. The molecule has 6 nitrogen and oxygen atoms in total. The Morgan fingerprint density at radius 1 is 1.39 bits per heavy atom. The Bertz CT molecular complexity index is 440. The van der Waals surface area contributed by atoms with E-state index in [4.69, 9.17) is 11.6 Å². The minimum atomic E-state index is -0.328. The summed E-state index contributed by atoms with van der Waals surface area (Å²) in [6, 6.07) is 1.52. The van der Waals surface area contributed by atoms with Crippen molar-refractivity contribution in [3.05, 3.63) is 23.0 Å². The van der Waals surface area contributed by atoms with Crippen LogP contribution in [0.15, 0.2) is 12.3 Å². The molecule has 1 aromatic rings. The molecule has 2 heterocycles. The highest BCUT2D eigenvalue weighted by molar-refractivity contribution is 6.30. The lowest BCUT2D eigenvalue weighted by molar-refractivity contribution is -0.130. The molecule has 7 heteroatoms. The number of hydrogen-bond donors (Lipinski definition) is 3. The van der Waals surface area contributed by atoms with Crippen LogP contribution < -0.4 is 10.6 Å². The second-order valence-corrected chi connectivity index (χ2v) is 4.48. The molecular weight excluding hydrogens is 256 g/mol. The zero-order chi connectivity index (χ0) is 13.0. The van der Waals surface area contributed by atoms with Gasteiger partial charge in [-0.05, 0) is 6.07 Å². The maximum atomic E-state index is 11.8. The van der Waals surface area contributed by atoms with Crippen LogP contribution in [0.2, 0.25) is 5.02 Å². The Kier molecular flexibility index (Phi) is 4.22. The van der Waals surface area contributed by atoms with Gasteiger partial charge in [0.2, 0.25) is 5.91 Å². The van der Waals surface area contributed by atoms with Crippen LogP contribution >= 0.6 is 11.6 Å². The van der Waals surface area contributed by atoms with E-state index < -0.39 is 0 Å². The Balaban J connectivity index is 1.80. The molecule has 0 atom stereocenters. The first kappa shape index (κ1) is 12.9. The smallest absolute Gasteiger partial charge is 0.268 e. The van der Waals surface area contributed by atoms with Crippen molar-refractivity contribution < 1.29 is 9.59 Å². The molecule has 0 aliphatic carbocycles. The summed E-state index contributed by atoms with van der Waals surface area (Å²) in [7, 11) is 0. The maximum absolute atomic E-state index is 11.8. The largest absolute Gasteiger partial charge is 0.356 e. The van der Waals surface area contributed by atoms with Gasteiger partial charge in [-0.2, -0.15) is 0 Å². The third-order valence-corrected chi connectivity index (χ3v) is 2.98. The van der Waals surface area contributed by atoms with E-state index in [2.05, 4.69) is 15.6 Å². The molecule has 1 aliphatic rings. The van der Waals surface area contributed by atoms with Gasteiger partial charge in [-0.25, -0.2) is 0 Å². The molecule has 2 rings (SSSR count). The van der Waals surface area contributed by atoms with Crippen LogP contribution in [0, 0.1) is 0 Å². The molecule has 0 aromatic carbocycles. The third kappa shape index (κ3) is 3.24.